The minimum Gasteiger partial charge on any atom is -0.383 e. The van der Waals surface area contributed by atoms with E-state index in [0.717, 1.165) is 67.7 Å². The van der Waals surface area contributed by atoms with Crippen molar-refractivity contribution in [3.8, 4) is 0 Å². The maximum Gasteiger partial charge on any atom is 0.225 e. The Balaban J connectivity index is 1.45. The molecule has 0 amide bonds. The number of hydrogen-bond donors (Lipinski definition) is 0. The van der Waals surface area contributed by atoms with Crippen LogP contribution in [0.15, 0.2) is 30.9 Å². The Morgan fingerprint density at radius 3 is 2.66 bits per heavy atom. The third-order valence-corrected chi connectivity index (χ3v) is 5.40. The molecule has 29 heavy (non-hydrogen) atoms. The lowest BCUT2D eigenvalue weighted by Gasteiger charge is -2.34. The van der Waals surface area contributed by atoms with E-state index in [0.29, 0.717) is 12.5 Å². The average molecular weight is 396 g/mol. The first-order valence-corrected chi connectivity index (χ1v) is 10.2. The highest BCUT2D eigenvalue weighted by Crippen LogP contribution is 2.19. The molecule has 0 radical (unpaired) electrons. The van der Waals surface area contributed by atoms with Gasteiger partial charge in [-0.15, -0.1) is 0 Å². The molecule has 4 heterocycles. The van der Waals surface area contributed by atoms with Crippen molar-refractivity contribution in [3.63, 3.8) is 0 Å². The smallest absolute Gasteiger partial charge is 0.225 e. The Kier molecular flexibility index (Phi) is 6.01. The van der Waals surface area contributed by atoms with Crippen molar-refractivity contribution >= 4 is 17.0 Å². The van der Waals surface area contributed by atoms with Crippen LogP contribution in [0, 0.1) is 0 Å². The fourth-order valence-corrected chi connectivity index (χ4v) is 3.69. The van der Waals surface area contributed by atoms with E-state index in [1.54, 1.807) is 7.11 Å². The van der Waals surface area contributed by atoms with Gasteiger partial charge < -0.3 is 14.2 Å². The first kappa shape index (κ1) is 19.7. The number of fused-ring (bicyclic) bond motifs is 1. The molecule has 3 aromatic heterocycles. The molecule has 1 saturated heterocycles. The number of aromatic nitrogens is 5. The van der Waals surface area contributed by atoms with Crippen molar-refractivity contribution in [1.82, 2.24) is 29.4 Å². The Bertz CT molecular complexity index is 947. The van der Waals surface area contributed by atoms with Crippen molar-refractivity contribution < 1.29 is 4.74 Å². The van der Waals surface area contributed by atoms with Gasteiger partial charge in [-0.3, -0.25) is 9.88 Å². The molecule has 0 unspecified atom stereocenters. The van der Waals surface area contributed by atoms with Crippen LogP contribution in [-0.2, 0) is 11.2 Å². The SMILES string of the molecule is COCCN1CCN(c2nccc(Cc3cc4c(cn3)ncn4C(C)C)n2)CC1. The fraction of sp³-hybridized carbons (Fsp3) is 0.524. The monoisotopic (exact) mass is 395 g/mol. The lowest BCUT2D eigenvalue weighted by atomic mass is 10.2. The zero-order chi connectivity index (χ0) is 20.2. The van der Waals surface area contributed by atoms with Crippen LogP contribution < -0.4 is 4.90 Å². The summed E-state index contributed by atoms with van der Waals surface area (Å²) < 4.78 is 7.35. The number of piperazine rings is 1. The highest BCUT2D eigenvalue weighted by Gasteiger charge is 2.19. The van der Waals surface area contributed by atoms with Gasteiger partial charge in [0.05, 0.1) is 30.3 Å². The largest absolute Gasteiger partial charge is 0.383 e. The van der Waals surface area contributed by atoms with Crippen LogP contribution in [-0.4, -0.2) is 75.8 Å². The molecule has 0 N–H and O–H groups in total. The first-order valence-electron chi connectivity index (χ1n) is 10.2. The molecule has 154 valence electrons. The lowest BCUT2D eigenvalue weighted by Crippen LogP contribution is -2.47. The maximum absolute atomic E-state index is 5.18. The minimum atomic E-state index is 0.364. The van der Waals surface area contributed by atoms with Gasteiger partial charge in [0, 0.05) is 64.2 Å². The van der Waals surface area contributed by atoms with E-state index in [1.807, 2.05) is 24.8 Å². The number of ether oxygens (including phenoxy) is 1. The molecule has 4 rings (SSSR count). The number of nitrogens with zero attached hydrogens (tertiary/aromatic N) is 7. The molecule has 3 aromatic rings. The third-order valence-electron chi connectivity index (χ3n) is 5.40. The van der Waals surface area contributed by atoms with Gasteiger partial charge in [-0.25, -0.2) is 15.0 Å². The van der Waals surface area contributed by atoms with Crippen molar-refractivity contribution in [2.24, 2.45) is 0 Å². The minimum absolute atomic E-state index is 0.364. The molecule has 1 aliphatic heterocycles. The zero-order valence-corrected chi connectivity index (χ0v) is 17.5. The summed E-state index contributed by atoms with van der Waals surface area (Å²) in [6.07, 6.45) is 6.27. The second-order valence-electron chi connectivity index (χ2n) is 7.76. The van der Waals surface area contributed by atoms with E-state index < -0.39 is 0 Å². The second-order valence-corrected chi connectivity index (χ2v) is 7.76. The van der Waals surface area contributed by atoms with Crippen LogP contribution in [0.2, 0.25) is 0 Å². The maximum atomic E-state index is 5.18. The summed E-state index contributed by atoms with van der Waals surface area (Å²) in [4.78, 5) is 23.0. The molecular formula is C21H29N7O. The van der Waals surface area contributed by atoms with E-state index in [4.69, 9.17) is 9.72 Å². The second kappa shape index (κ2) is 8.84. The summed E-state index contributed by atoms with van der Waals surface area (Å²) in [6.45, 7) is 9.96. The quantitative estimate of drug-likeness (QED) is 0.607. The van der Waals surface area contributed by atoms with Gasteiger partial charge in [0.25, 0.3) is 0 Å². The van der Waals surface area contributed by atoms with Crippen LogP contribution >= 0.6 is 0 Å². The van der Waals surface area contributed by atoms with E-state index in [2.05, 4.69) is 49.2 Å². The van der Waals surface area contributed by atoms with Crippen molar-refractivity contribution in [2.75, 3.05) is 51.3 Å². The molecule has 8 nitrogen and oxygen atoms in total. The molecule has 1 fully saturated rings. The molecule has 0 saturated carbocycles. The van der Waals surface area contributed by atoms with E-state index in [1.165, 1.54) is 0 Å². The number of anilines is 1. The summed E-state index contributed by atoms with van der Waals surface area (Å²) in [5.41, 5.74) is 4.02. The van der Waals surface area contributed by atoms with E-state index in [9.17, 15) is 0 Å². The molecule has 0 aliphatic carbocycles. The van der Waals surface area contributed by atoms with E-state index >= 15 is 0 Å². The molecule has 1 aliphatic rings. The summed E-state index contributed by atoms with van der Waals surface area (Å²) >= 11 is 0. The fourth-order valence-electron chi connectivity index (χ4n) is 3.69. The predicted octanol–water partition coefficient (Wildman–Crippen LogP) is 2.16. The molecule has 0 aromatic carbocycles. The van der Waals surface area contributed by atoms with Crippen molar-refractivity contribution in [1.29, 1.82) is 0 Å². The summed E-state index contributed by atoms with van der Waals surface area (Å²) in [7, 11) is 1.75. The third kappa shape index (κ3) is 4.54. The van der Waals surface area contributed by atoms with Gasteiger partial charge in [0.15, 0.2) is 0 Å². The Morgan fingerprint density at radius 1 is 1.07 bits per heavy atom. The van der Waals surface area contributed by atoms with Crippen LogP contribution in [0.3, 0.4) is 0 Å². The Labute approximate surface area is 171 Å². The average Bonchev–Trinajstić information content (AvgIpc) is 3.16. The first-order chi connectivity index (χ1) is 14.1. The number of hydrogen-bond acceptors (Lipinski definition) is 7. The number of rotatable bonds is 7. The van der Waals surface area contributed by atoms with Crippen molar-refractivity contribution in [3.05, 3.63) is 42.2 Å². The van der Waals surface area contributed by atoms with Gasteiger partial charge in [-0.05, 0) is 26.0 Å². The van der Waals surface area contributed by atoms with Crippen LogP contribution in [0.25, 0.3) is 11.0 Å². The van der Waals surface area contributed by atoms with Gasteiger partial charge in [-0.1, -0.05) is 0 Å². The predicted molar refractivity (Wildman–Crippen MR) is 113 cm³/mol. The van der Waals surface area contributed by atoms with Crippen LogP contribution in [0.4, 0.5) is 5.95 Å². The molecule has 8 heteroatoms. The highest BCUT2D eigenvalue weighted by atomic mass is 16.5. The normalized spacial score (nSPS) is 15.5. The standard InChI is InChI=1S/C21H29N7O/c1-16(2)28-15-24-19-14-23-18(13-20(19)28)12-17-4-5-22-21(25-17)27-8-6-26(7-9-27)10-11-29-3/h4-5,13-16H,6-12H2,1-3H3. The summed E-state index contributed by atoms with van der Waals surface area (Å²) in [6, 6.07) is 4.46. The van der Waals surface area contributed by atoms with Gasteiger partial charge >= 0.3 is 0 Å². The number of pyridine rings is 1. The molecule has 0 spiro atoms. The highest BCUT2D eigenvalue weighted by molar-refractivity contribution is 5.74. The topological polar surface area (TPSA) is 72.2 Å². The van der Waals surface area contributed by atoms with Gasteiger partial charge in [0.1, 0.15) is 5.52 Å². The zero-order valence-electron chi connectivity index (χ0n) is 17.5. The van der Waals surface area contributed by atoms with Crippen LogP contribution in [0.1, 0.15) is 31.3 Å². The number of methoxy groups -OCH3 is 1. The number of imidazole rings is 1. The van der Waals surface area contributed by atoms with Gasteiger partial charge in [-0.2, -0.15) is 0 Å². The van der Waals surface area contributed by atoms with Gasteiger partial charge in [0.2, 0.25) is 5.95 Å². The lowest BCUT2D eigenvalue weighted by molar-refractivity contribution is 0.143. The summed E-state index contributed by atoms with van der Waals surface area (Å²) in [5.74, 6) is 0.808. The van der Waals surface area contributed by atoms with E-state index in [-0.39, 0.29) is 0 Å². The molecule has 0 atom stereocenters. The van der Waals surface area contributed by atoms with Crippen LogP contribution in [0.5, 0.6) is 0 Å². The molecular weight excluding hydrogens is 366 g/mol. The summed E-state index contributed by atoms with van der Waals surface area (Å²) in [5, 5.41) is 0. The molecule has 0 bridgehead atoms. The Morgan fingerprint density at radius 2 is 1.90 bits per heavy atom. The van der Waals surface area contributed by atoms with Crippen molar-refractivity contribution in [2.45, 2.75) is 26.3 Å². The Hall–Kier alpha value is -2.58.